The summed E-state index contributed by atoms with van der Waals surface area (Å²) in [6.07, 6.45) is 8.10. The van der Waals surface area contributed by atoms with E-state index in [1.807, 2.05) is 11.3 Å². The van der Waals surface area contributed by atoms with Gasteiger partial charge in [-0.1, -0.05) is 12.8 Å². The third-order valence-corrected chi connectivity index (χ3v) is 5.47. The molecule has 2 aliphatic rings. The van der Waals surface area contributed by atoms with Gasteiger partial charge in [0.1, 0.15) is 0 Å². The summed E-state index contributed by atoms with van der Waals surface area (Å²) in [4.78, 5) is 9.05. The van der Waals surface area contributed by atoms with E-state index in [-0.39, 0.29) is 5.54 Å². The first-order valence-electron chi connectivity index (χ1n) is 8.52. The minimum Gasteiger partial charge on any atom is -0.348 e. The highest BCUT2D eigenvalue weighted by molar-refractivity contribution is 7.15. The standard InChI is InChI=1S/C17H29N3S/c1-17(2,3)18-12-14-15(13-8-9-13)19-16(21-14)20-10-6-4-5-7-11-20/h13,18H,4-12H2,1-3H3. The highest BCUT2D eigenvalue weighted by Gasteiger charge is 2.30. The molecule has 1 aromatic heterocycles. The Morgan fingerprint density at radius 3 is 2.38 bits per heavy atom. The number of hydrogen-bond donors (Lipinski definition) is 1. The van der Waals surface area contributed by atoms with E-state index in [9.17, 15) is 0 Å². The quantitative estimate of drug-likeness (QED) is 0.899. The minimum absolute atomic E-state index is 0.174. The van der Waals surface area contributed by atoms with E-state index in [1.165, 1.54) is 67.3 Å². The van der Waals surface area contributed by atoms with Crippen LogP contribution < -0.4 is 10.2 Å². The Hall–Kier alpha value is -0.610. The Morgan fingerprint density at radius 2 is 1.81 bits per heavy atom. The number of nitrogens with one attached hydrogen (secondary N) is 1. The summed E-state index contributed by atoms with van der Waals surface area (Å²) in [6.45, 7) is 10.1. The second kappa shape index (κ2) is 6.25. The lowest BCUT2D eigenvalue weighted by molar-refractivity contribution is 0.425. The number of aromatic nitrogens is 1. The predicted octanol–water partition coefficient (Wildman–Crippen LogP) is 4.29. The SMILES string of the molecule is CC(C)(C)NCc1sc(N2CCCCCC2)nc1C1CC1. The fourth-order valence-electron chi connectivity index (χ4n) is 2.90. The Kier molecular flexibility index (Phi) is 4.55. The van der Waals surface area contributed by atoms with Gasteiger partial charge in [-0.2, -0.15) is 0 Å². The van der Waals surface area contributed by atoms with E-state index in [1.54, 1.807) is 0 Å². The van der Waals surface area contributed by atoms with Crippen LogP contribution >= 0.6 is 11.3 Å². The van der Waals surface area contributed by atoms with Gasteiger partial charge in [-0.15, -0.1) is 11.3 Å². The molecule has 21 heavy (non-hydrogen) atoms. The first kappa shape index (κ1) is 15.3. The number of nitrogens with zero attached hydrogens (tertiary/aromatic N) is 2. The molecule has 1 saturated carbocycles. The fraction of sp³-hybridized carbons (Fsp3) is 0.824. The van der Waals surface area contributed by atoms with Crippen molar-refractivity contribution in [2.45, 2.75) is 77.3 Å². The Labute approximate surface area is 133 Å². The molecule has 3 nitrogen and oxygen atoms in total. The maximum Gasteiger partial charge on any atom is 0.185 e. The summed E-state index contributed by atoms with van der Waals surface area (Å²) < 4.78 is 0. The van der Waals surface area contributed by atoms with Gasteiger partial charge >= 0.3 is 0 Å². The number of anilines is 1. The summed E-state index contributed by atoms with van der Waals surface area (Å²) in [5, 5.41) is 4.92. The van der Waals surface area contributed by atoms with Crippen LogP contribution in [0.15, 0.2) is 0 Å². The Balaban J connectivity index is 1.75. The third kappa shape index (κ3) is 4.19. The van der Waals surface area contributed by atoms with Gasteiger partial charge in [0.25, 0.3) is 0 Å². The predicted molar refractivity (Wildman–Crippen MR) is 91.4 cm³/mol. The topological polar surface area (TPSA) is 28.2 Å². The van der Waals surface area contributed by atoms with Gasteiger partial charge in [0.2, 0.25) is 0 Å². The molecule has 1 aliphatic heterocycles. The highest BCUT2D eigenvalue weighted by atomic mass is 32.1. The van der Waals surface area contributed by atoms with Crippen LogP contribution in [-0.4, -0.2) is 23.6 Å². The minimum atomic E-state index is 0.174. The van der Waals surface area contributed by atoms with E-state index < -0.39 is 0 Å². The molecule has 1 N–H and O–H groups in total. The van der Waals surface area contributed by atoms with Crippen molar-refractivity contribution in [1.29, 1.82) is 0 Å². The smallest absolute Gasteiger partial charge is 0.185 e. The molecule has 1 aromatic rings. The molecule has 0 unspecified atom stereocenters. The number of rotatable bonds is 4. The average molecular weight is 308 g/mol. The van der Waals surface area contributed by atoms with Crippen LogP contribution in [0, 0.1) is 0 Å². The molecule has 118 valence electrons. The van der Waals surface area contributed by atoms with Crippen LogP contribution in [0.25, 0.3) is 0 Å². The van der Waals surface area contributed by atoms with E-state index in [0.29, 0.717) is 0 Å². The van der Waals surface area contributed by atoms with E-state index in [2.05, 4.69) is 31.0 Å². The second-order valence-electron chi connectivity index (χ2n) is 7.58. The number of thiazole rings is 1. The molecule has 0 amide bonds. The van der Waals surface area contributed by atoms with Crippen molar-refractivity contribution in [3.05, 3.63) is 10.6 Å². The first-order chi connectivity index (χ1) is 10.0. The van der Waals surface area contributed by atoms with Crippen LogP contribution in [-0.2, 0) is 6.54 Å². The van der Waals surface area contributed by atoms with Gasteiger partial charge in [0, 0.05) is 36.0 Å². The summed E-state index contributed by atoms with van der Waals surface area (Å²) in [5.41, 5.74) is 1.57. The van der Waals surface area contributed by atoms with Crippen LogP contribution in [0.5, 0.6) is 0 Å². The summed E-state index contributed by atoms with van der Waals surface area (Å²) in [5.74, 6) is 0.749. The van der Waals surface area contributed by atoms with E-state index >= 15 is 0 Å². The van der Waals surface area contributed by atoms with Crippen molar-refractivity contribution in [2.75, 3.05) is 18.0 Å². The van der Waals surface area contributed by atoms with Gasteiger partial charge in [-0.25, -0.2) is 4.98 Å². The molecule has 0 radical (unpaired) electrons. The molecule has 1 saturated heterocycles. The lowest BCUT2D eigenvalue weighted by Crippen LogP contribution is -2.35. The first-order valence-corrected chi connectivity index (χ1v) is 9.34. The summed E-state index contributed by atoms with van der Waals surface area (Å²) in [6, 6.07) is 0. The highest BCUT2D eigenvalue weighted by Crippen LogP contribution is 2.44. The zero-order valence-electron chi connectivity index (χ0n) is 13.7. The molecule has 4 heteroatoms. The maximum absolute atomic E-state index is 5.04. The number of hydrogen-bond acceptors (Lipinski definition) is 4. The maximum atomic E-state index is 5.04. The van der Waals surface area contributed by atoms with Gasteiger partial charge in [-0.05, 0) is 46.5 Å². The molecular weight excluding hydrogens is 278 g/mol. The lowest BCUT2D eigenvalue weighted by Gasteiger charge is -2.20. The molecule has 0 aromatic carbocycles. The van der Waals surface area contributed by atoms with Crippen molar-refractivity contribution in [1.82, 2.24) is 10.3 Å². The van der Waals surface area contributed by atoms with Gasteiger partial charge in [0.05, 0.1) is 5.69 Å². The van der Waals surface area contributed by atoms with Crippen molar-refractivity contribution >= 4 is 16.5 Å². The molecule has 0 bridgehead atoms. The lowest BCUT2D eigenvalue weighted by atomic mass is 10.1. The van der Waals surface area contributed by atoms with Gasteiger partial charge in [-0.3, -0.25) is 0 Å². The zero-order chi connectivity index (χ0) is 14.9. The van der Waals surface area contributed by atoms with E-state index in [0.717, 1.165) is 12.5 Å². The normalized spacial score (nSPS) is 20.6. The largest absolute Gasteiger partial charge is 0.348 e. The Bertz CT molecular complexity index is 463. The van der Waals surface area contributed by atoms with Crippen LogP contribution in [0.3, 0.4) is 0 Å². The van der Waals surface area contributed by atoms with Crippen LogP contribution in [0.2, 0.25) is 0 Å². The van der Waals surface area contributed by atoms with Crippen molar-refractivity contribution in [2.24, 2.45) is 0 Å². The monoisotopic (exact) mass is 307 g/mol. The molecular formula is C17H29N3S. The molecule has 0 spiro atoms. The van der Waals surface area contributed by atoms with Gasteiger partial charge < -0.3 is 10.2 Å². The van der Waals surface area contributed by atoms with Crippen molar-refractivity contribution in [3.8, 4) is 0 Å². The molecule has 2 heterocycles. The fourth-order valence-corrected chi connectivity index (χ4v) is 4.03. The van der Waals surface area contributed by atoms with Gasteiger partial charge in [0.15, 0.2) is 5.13 Å². The average Bonchev–Trinajstić information content (AvgIpc) is 3.21. The van der Waals surface area contributed by atoms with Crippen molar-refractivity contribution < 1.29 is 0 Å². The Morgan fingerprint density at radius 1 is 1.14 bits per heavy atom. The molecule has 1 aliphatic carbocycles. The third-order valence-electron chi connectivity index (χ3n) is 4.34. The zero-order valence-corrected chi connectivity index (χ0v) is 14.6. The molecule has 3 rings (SSSR count). The summed E-state index contributed by atoms with van der Waals surface area (Å²) in [7, 11) is 0. The van der Waals surface area contributed by atoms with Crippen LogP contribution in [0.4, 0.5) is 5.13 Å². The second-order valence-corrected chi connectivity index (χ2v) is 8.65. The molecule has 2 fully saturated rings. The van der Waals surface area contributed by atoms with Crippen LogP contribution in [0.1, 0.15) is 75.8 Å². The molecule has 0 atom stereocenters. The van der Waals surface area contributed by atoms with Crippen molar-refractivity contribution in [3.63, 3.8) is 0 Å². The van der Waals surface area contributed by atoms with E-state index in [4.69, 9.17) is 4.98 Å². The summed E-state index contributed by atoms with van der Waals surface area (Å²) >= 11 is 1.94.